The fourth-order valence-electron chi connectivity index (χ4n) is 5.49. The van der Waals surface area contributed by atoms with Crippen molar-refractivity contribution in [1.82, 2.24) is 10.2 Å². The fourth-order valence-corrected chi connectivity index (χ4v) is 6.62. The Balaban J connectivity index is 1.69. The fraction of sp³-hybridized carbons (Fsp3) is 0.609. The van der Waals surface area contributed by atoms with Gasteiger partial charge >= 0.3 is 0 Å². The van der Waals surface area contributed by atoms with Crippen molar-refractivity contribution < 1.29 is 24.2 Å². The molecule has 1 spiro atoms. The molecular weight excluding hydrogens is 514 g/mol. The minimum absolute atomic E-state index is 0.00279. The summed E-state index contributed by atoms with van der Waals surface area (Å²) in [7, 11) is 0. The molecule has 3 N–H and O–H groups in total. The molecule has 180 valence electrons. The van der Waals surface area contributed by atoms with Crippen LogP contribution in [0.1, 0.15) is 32.6 Å². The number of nitrogens with zero attached hydrogens (tertiary/aromatic N) is 1. The van der Waals surface area contributed by atoms with E-state index in [1.54, 1.807) is 24.3 Å². The monoisotopic (exact) mass is 541 g/mol. The number of likely N-dealkylation sites (tertiary alicyclic amines) is 1. The van der Waals surface area contributed by atoms with Gasteiger partial charge in [-0.15, -0.1) is 0 Å². The Morgan fingerprint density at radius 2 is 2.06 bits per heavy atom. The van der Waals surface area contributed by atoms with E-state index in [0.29, 0.717) is 43.1 Å². The van der Waals surface area contributed by atoms with Crippen LogP contribution in [0.15, 0.2) is 24.3 Å². The van der Waals surface area contributed by atoms with E-state index in [0.717, 1.165) is 6.42 Å². The van der Waals surface area contributed by atoms with Gasteiger partial charge in [0.15, 0.2) is 0 Å². The molecule has 0 aromatic heterocycles. The van der Waals surface area contributed by atoms with Gasteiger partial charge in [-0.2, -0.15) is 0 Å². The molecule has 3 aliphatic heterocycles. The van der Waals surface area contributed by atoms with E-state index >= 15 is 0 Å². The minimum atomic E-state index is -1.10. The van der Waals surface area contributed by atoms with E-state index in [2.05, 4.69) is 26.6 Å². The molecule has 0 saturated carbocycles. The van der Waals surface area contributed by atoms with Crippen molar-refractivity contribution in [3.63, 3.8) is 0 Å². The molecule has 1 aromatic rings. The standard InChI is InChI=1S/C23H29BrClN3O5/c1-2-9-26-20(30)16-17-22(32)28(10-5-6-11-29)19(23(17)12-13(24)18(16)33-23)21(31)27-15-8-4-3-7-14(15)25/h3-4,7-8,13,16-19,29H,2,5-6,9-12H2,1H3,(H,26,30)(H,27,31)/t13?,16-,17+,18-,19?,23?/m1/s1. The zero-order chi connectivity index (χ0) is 23.8. The summed E-state index contributed by atoms with van der Waals surface area (Å²) in [4.78, 5) is 41.8. The highest BCUT2D eigenvalue weighted by Gasteiger charge is 2.76. The second kappa shape index (κ2) is 9.90. The van der Waals surface area contributed by atoms with Gasteiger partial charge in [-0.1, -0.05) is 46.6 Å². The van der Waals surface area contributed by atoms with Gasteiger partial charge in [-0.3, -0.25) is 14.4 Å². The van der Waals surface area contributed by atoms with Crippen LogP contribution >= 0.6 is 27.5 Å². The van der Waals surface area contributed by atoms with Crippen LogP contribution in [0.4, 0.5) is 5.69 Å². The molecule has 3 unspecified atom stereocenters. The highest BCUT2D eigenvalue weighted by molar-refractivity contribution is 9.09. The average Bonchev–Trinajstić information content (AvgIpc) is 3.37. The number of nitrogens with one attached hydrogen (secondary N) is 2. The van der Waals surface area contributed by atoms with Crippen LogP contribution in [0, 0.1) is 11.8 Å². The predicted molar refractivity (Wildman–Crippen MR) is 127 cm³/mol. The molecule has 3 heterocycles. The second-order valence-corrected chi connectivity index (χ2v) is 10.5. The molecule has 3 amide bonds. The number of fused-ring (bicyclic) bond motifs is 1. The van der Waals surface area contributed by atoms with E-state index in [1.807, 2.05) is 6.92 Å². The topological polar surface area (TPSA) is 108 Å². The molecule has 0 aliphatic carbocycles. The Morgan fingerprint density at radius 3 is 2.76 bits per heavy atom. The Morgan fingerprint density at radius 1 is 1.30 bits per heavy atom. The van der Waals surface area contributed by atoms with Gasteiger partial charge in [0.2, 0.25) is 17.7 Å². The lowest BCUT2D eigenvalue weighted by atomic mass is 9.70. The highest BCUT2D eigenvalue weighted by Crippen LogP contribution is 2.60. The number of unbranched alkanes of at least 4 members (excludes halogenated alkanes) is 1. The zero-order valence-electron chi connectivity index (χ0n) is 18.4. The Kier molecular flexibility index (Phi) is 7.33. The number of aliphatic hydroxyl groups is 1. The first-order chi connectivity index (χ1) is 15.9. The van der Waals surface area contributed by atoms with Gasteiger partial charge in [0, 0.05) is 24.5 Å². The molecule has 1 aromatic carbocycles. The van der Waals surface area contributed by atoms with Crippen molar-refractivity contribution in [1.29, 1.82) is 0 Å². The maximum atomic E-state index is 13.7. The van der Waals surface area contributed by atoms with Crippen LogP contribution in [-0.4, -0.2) is 70.0 Å². The van der Waals surface area contributed by atoms with Crippen molar-refractivity contribution in [2.45, 2.75) is 55.2 Å². The number of carbonyl (C=O) groups is 3. The van der Waals surface area contributed by atoms with Crippen LogP contribution in [0.5, 0.6) is 0 Å². The van der Waals surface area contributed by atoms with Crippen LogP contribution in [0.3, 0.4) is 0 Å². The Hall–Kier alpha value is -1.68. The first kappa shape index (κ1) is 24.4. The van der Waals surface area contributed by atoms with E-state index in [-0.39, 0.29) is 23.2 Å². The first-order valence-corrected chi connectivity index (χ1v) is 12.7. The third kappa shape index (κ3) is 4.17. The summed E-state index contributed by atoms with van der Waals surface area (Å²) in [6.45, 7) is 2.77. The molecule has 33 heavy (non-hydrogen) atoms. The maximum Gasteiger partial charge on any atom is 0.250 e. The molecule has 3 aliphatic rings. The quantitative estimate of drug-likeness (QED) is 0.328. The van der Waals surface area contributed by atoms with Gasteiger partial charge in [0.1, 0.15) is 11.6 Å². The number of rotatable bonds is 9. The highest BCUT2D eigenvalue weighted by atomic mass is 79.9. The summed E-state index contributed by atoms with van der Waals surface area (Å²) in [5, 5.41) is 15.4. The Labute approximate surface area is 206 Å². The summed E-state index contributed by atoms with van der Waals surface area (Å²) in [5.41, 5.74) is -0.652. The molecule has 4 rings (SSSR count). The van der Waals surface area contributed by atoms with Gasteiger partial charge in [0.05, 0.1) is 28.6 Å². The lowest BCUT2D eigenvalue weighted by Gasteiger charge is -2.34. The number of halogens is 2. The van der Waals surface area contributed by atoms with Crippen molar-refractivity contribution >= 4 is 50.9 Å². The lowest BCUT2D eigenvalue weighted by Crippen LogP contribution is -2.54. The number of para-hydroxylation sites is 1. The molecular formula is C23H29BrClN3O5. The number of ether oxygens (including phenoxy) is 1. The Bertz CT molecular complexity index is 933. The third-order valence-corrected chi connectivity index (χ3v) is 8.00. The molecule has 3 saturated heterocycles. The van der Waals surface area contributed by atoms with Crippen molar-refractivity contribution in [3.05, 3.63) is 29.3 Å². The SMILES string of the molecule is CCCNC(=O)[C@H]1[C@@H]2OC3(CC2Br)C(C(=O)Nc2ccccc2Cl)N(CCCCO)C(=O)[C@H]13. The smallest absolute Gasteiger partial charge is 0.250 e. The number of aliphatic hydroxyl groups excluding tert-OH is 1. The lowest BCUT2D eigenvalue weighted by molar-refractivity contribution is -0.140. The van der Waals surface area contributed by atoms with Crippen molar-refractivity contribution in [2.24, 2.45) is 11.8 Å². The first-order valence-electron chi connectivity index (χ1n) is 11.4. The van der Waals surface area contributed by atoms with Crippen molar-refractivity contribution in [2.75, 3.05) is 25.0 Å². The molecule has 0 radical (unpaired) electrons. The van der Waals surface area contributed by atoms with Crippen LogP contribution < -0.4 is 10.6 Å². The number of hydrogen-bond donors (Lipinski definition) is 3. The number of alkyl halides is 1. The van der Waals surface area contributed by atoms with E-state index in [9.17, 15) is 19.5 Å². The van der Waals surface area contributed by atoms with Gasteiger partial charge in [-0.25, -0.2) is 0 Å². The average molecular weight is 543 g/mol. The molecule has 8 nitrogen and oxygen atoms in total. The molecule has 2 bridgehead atoms. The second-order valence-electron chi connectivity index (χ2n) is 8.89. The number of benzene rings is 1. The summed E-state index contributed by atoms with van der Waals surface area (Å²) < 4.78 is 6.41. The third-order valence-electron chi connectivity index (χ3n) is 6.83. The maximum absolute atomic E-state index is 13.7. The molecule has 10 heteroatoms. The van der Waals surface area contributed by atoms with Crippen LogP contribution in [0.25, 0.3) is 0 Å². The number of carbonyl (C=O) groups excluding carboxylic acids is 3. The number of anilines is 1. The summed E-state index contributed by atoms with van der Waals surface area (Å²) in [6.07, 6.45) is 1.79. The van der Waals surface area contributed by atoms with Gasteiger partial charge < -0.3 is 25.4 Å². The minimum Gasteiger partial charge on any atom is -0.396 e. The summed E-state index contributed by atoms with van der Waals surface area (Å²) in [5.74, 6) is -2.25. The number of hydrogen-bond acceptors (Lipinski definition) is 5. The normalized spacial score (nSPS) is 32.2. The van der Waals surface area contributed by atoms with E-state index in [1.165, 1.54) is 4.90 Å². The predicted octanol–water partition coefficient (Wildman–Crippen LogP) is 2.33. The van der Waals surface area contributed by atoms with Crippen LogP contribution in [0.2, 0.25) is 5.02 Å². The van der Waals surface area contributed by atoms with E-state index in [4.69, 9.17) is 16.3 Å². The number of amides is 3. The van der Waals surface area contributed by atoms with E-state index < -0.39 is 35.5 Å². The van der Waals surface area contributed by atoms with Gasteiger partial charge in [-0.05, 0) is 37.8 Å². The zero-order valence-corrected chi connectivity index (χ0v) is 20.8. The summed E-state index contributed by atoms with van der Waals surface area (Å²) >= 11 is 9.89. The largest absolute Gasteiger partial charge is 0.396 e. The van der Waals surface area contributed by atoms with Gasteiger partial charge in [0.25, 0.3) is 0 Å². The van der Waals surface area contributed by atoms with Crippen molar-refractivity contribution in [3.8, 4) is 0 Å². The summed E-state index contributed by atoms with van der Waals surface area (Å²) in [6, 6.07) is 6.01. The molecule has 3 fully saturated rings. The molecule has 6 atom stereocenters. The van der Waals surface area contributed by atoms with Crippen LogP contribution in [-0.2, 0) is 19.1 Å².